The van der Waals surface area contributed by atoms with E-state index in [1.165, 1.54) is 0 Å². The first-order chi connectivity index (χ1) is 7.66. The Bertz CT molecular complexity index is 350. The monoisotopic (exact) mass is 220 g/mol. The maximum atomic E-state index is 12.1. The number of amides is 1. The largest absolute Gasteiger partial charge is 0.342 e. The van der Waals surface area contributed by atoms with Crippen LogP contribution in [0.1, 0.15) is 22.3 Å². The minimum atomic E-state index is 0.106. The van der Waals surface area contributed by atoms with Gasteiger partial charge in [0.2, 0.25) is 0 Å². The molecule has 0 atom stereocenters. The number of hydrogen-bond acceptors (Lipinski definition) is 2. The number of hydrogen-bond donors (Lipinski definition) is 1. The van der Waals surface area contributed by atoms with Crippen LogP contribution in [0.5, 0.6) is 0 Å². The average molecular weight is 220 g/mol. The summed E-state index contributed by atoms with van der Waals surface area (Å²) in [4.78, 5) is 13.8. The number of benzene rings is 1. The topological polar surface area (TPSA) is 32.3 Å². The van der Waals surface area contributed by atoms with Crippen LogP contribution < -0.4 is 5.32 Å². The minimum Gasteiger partial charge on any atom is -0.342 e. The molecule has 3 heteroatoms. The molecule has 16 heavy (non-hydrogen) atoms. The summed E-state index contributed by atoms with van der Waals surface area (Å²) in [6, 6.07) is 7.70. The van der Waals surface area contributed by atoms with Crippen molar-refractivity contribution in [2.24, 2.45) is 0 Å². The maximum Gasteiger partial charge on any atom is 0.253 e. The van der Waals surface area contributed by atoms with Gasteiger partial charge in [0.15, 0.2) is 0 Å². The highest BCUT2D eigenvalue weighted by atomic mass is 16.2. The molecule has 0 aliphatic rings. The van der Waals surface area contributed by atoms with Gasteiger partial charge in [-0.1, -0.05) is 18.2 Å². The van der Waals surface area contributed by atoms with Crippen molar-refractivity contribution in [2.45, 2.75) is 13.3 Å². The van der Waals surface area contributed by atoms with Crippen molar-refractivity contribution in [3.63, 3.8) is 0 Å². The Balaban J connectivity index is 2.60. The molecule has 3 nitrogen and oxygen atoms in total. The second-order valence-corrected chi connectivity index (χ2v) is 4.00. The first kappa shape index (κ1) is 12.7. The molecule has 0 fully saturated rings. The van der Waals surface area contributed by atoms with E-state index in [0.29, 0.717) is 0 Å². The van der Waals surface area contributed by atoms with Gasteiger partial charge in [-0.15, -0.1) is 0 Å². The van der Waals surface area contributed by atoms with E-state index in [1.807, 2.05) is 45.3 Å². The smallest absolute Gasteiger partial charge is 0.253 e. The first-order valence-corrected chi connectivity index (χ1v) is 5.62. The fourth-order valence-corrected chi connectivity index (χ4v) is 1.61. The predicted molar refractivity (Wildman–Crippen MR) is 66.7 cm³/mol. The Kier molecular flexibility index (Phi) is 4.99. The number of aryl methyl sites for hydroxylation is 1. The summed E-state index contributed by atoms with van der Waals surface area (Å²) in [5, 5.41) is 3.08. The fraction of sp³-hybridized carbons (Fsp3) is 0.462. The molecule has 0 radical (unpaired) electrons. The molecule has 0 heterocycles. The molecule has 0 unspecified atom stereocenters. The van der Waals surface area contributed by atoms with Gasteiger partial charge < -0.3 is 10.2 Å². The number of nitrogens with zero attached hydrogens (tertiary/aromatic N) is 1. The van der Waals surface area contributed by atoms with Crippen molar-refractivity contribution < 1.29 is 4.79 Å². The summed E-state index contributed by atoms with van der Waals surface area (Å²) in [6.07, 6.45) is 0.977. The van der Waals surface area contributed by atoms with Crippen LogP contribution in [0.3, 0.4) is 0 Å². The highest BCUT2D eigenvalue weighted by Crippen LogP contribution is 2.09. The lowest BCUT2D eigenvalue weighted by molar-refractivity contribution is 0.0793. The Morgan fingerprint density at radius 3 is 2.69 bits per heavy atom. The molecule has 1 amide bonds. The van der Waals surface area contributed by atoms with Crippen LogP contribution >= 0.6 is 0 Å². The van der Waals surface area contributed by atoms with Crippen molar-refractivity contribution in [1.29, 1.82) is 0 Å². The highest BCUT2D eigenvalue weighted by molar-refractivity contribution is 5.95. The van der Waals surface area contributed by atoms with E-state index in [2.05, 4.69) is 5.32 Å². The molecule has 1 aromatic carbocycles. The molecule has 1 aromatic rings. The van der Waals surface area contributed by atoms with Gasteiger partial charge >= 0.3 is 0 Å². The van der Waals surface area contributed by atoms with E-state index in [4.69, 9.17) is 0 Å². The summed E-state index contributed by atoms with van der Waals surface area (Å²) in [5.41, 5.74) is 1.84. The standard InChI is InChI=1S/C13H20N2O/c1-11-7-4-5-8-12(11)13(16)15(3)10-6-9-14-2/h4-5,7-8,14H,6,9-10H2,1-3H3. The van der Waals surface area contributed by atoms with Gasteiger partial charge in [-0.3, -0.25) is 4.79 Å². The fourth-order valence-electron chi connectivity index (χ4n) is 1.61. The predicted octanol–water partition coefficient (Wildman–Crippen LogP) is 1.68. The second kappa shape index (κ2) is 6.28. The summed E-state index contributed by atoms with van der Waals surface area (Å²) < 4.78 is 0. The van der Waals surface area contributed by atoms with Crippen LogP contribution in [0, 0.1) is 6.92 Å². The van der Waals surface area contributed by atoms with Crippen LogP contribution in [0.15, 0.2) is 24.3 Å². The Morgan fingerprint density at radius 1 is 1.38 bits per heavy atom. The van der Waals surface area contributed by atoms with Gasteiger partial charge in [0.25, 0.3) is 5.91 Å². The molecule has 88 valence electrons. The summed E-state index contributed by atoms with van der Waals surface area (Å²) in [5.74, 6) is 0.106. The van der Waals surface area contributed by atoms with E-state index in [-0.39, 0.29) is 5.91 Å². The molecular weight excluding hydrogens is 200 g/mol. The quantitative estimate of drug-likeness (QED) is 0.766. The van der Waals surface area contributed by atoms with Crippen molar-refractivity contribution in [2.75, 3.05) is 27.2 Å². The van der Waals surface area contributed by atoms with Crippen LogP contribution in [-0.4, -0.2) is 38.0 Å². The maximum absolute atomic E-state index is 12.1. The summed E-state index contributed by atoms with van der Waals surface area (Å²) in [6.45, 7) is 3.69. The Hall–Kier alpha value is -1.35. The molecule has 1 N–H and O–H groups in total. The average Bonchev–Trinajstić information content (AvgIpc) is 2.29. The first-order valence-electron chi connectivity index (χ1n) is 5.62. The van der Waals surface area contributed by atoms with E-state index >= 15 is 0 Å². The lowest BCUT2D eigenvalue weighted by atomic mass is 10.1. The van der Waals surface area contributed by atoms with Crippen LogP contribution in [-0.2, 0) is 0 Å². The third-order valence-corrected chi connectivity index (χ3v) is 2.64. The van der Waals surface area contributed by atoms with E-state index < -0.39 is 0 Å². The molecule has 0 saturated heterocycles. The van der Waals surface area contributed by atoms with Crippen molar-refractivity contribution >= 4 is 5.91 Å². The third-order valence-electron chi connectivity index (χ3n) is 2.64. The van der Waals surface area contributed by atoms with Crippen molar-refractivity contribution in [3.05, 3.63) is 35.4 Å². The van der Waals surface area contributed by atoms with Crippen LogP contribution in [0.2, 0.25) is 0 Å². The van der Waals surface area contributed by atoms with Gasteiger partial charge in [0, 0.05) is 19.2 Å². The van der Waals surface area contributed by atoms with Gasteiger partial charge in [0.05, 0.1) is 0 Å². The minimum absolute atomic E-state index is 0.106. The summed E-state index contributed by atoms with van der Waals surface area (Å²) >= 11 is 0. The molecule has 0 bridgehead atoms. The lowest BCUT2D eigenvalue weighted by Gasteiger charge is -2.18. The molecule has 0 aliphatic heterocycles. The number of rotatable bonds is 5. The molecule has 1 rings (SSSR count). The van der Waals surface area contributed by atoms with Crippen molar-refractivity contribution in [3.8, 4) is 0 Å². The molecular formula is C13H20N2O. The SMILES string of the molecule is CNCCCN(C)C(=O)c1ccccc1C. The number of carbonyl (C=O) groups is 1. The summed E-state index contributed by atoms with van der Waals surface area (Å²) in [7, 11) is 3.77. The van der Waals surface area contributed by atoms with Crippen LogP contribution in [0.4, 0.5) is 0 Å². The van der Waals surface area contributed by atoms with Gasteiger partial charge in [-0.25, -0.2) is 0 Å². The van der Waals surface area contributed by atoms with Gasteiger partial charge in [0.1, 0.15) is 0 Å². The molecule has 0 aliphatic carbocycles. The van der Waals surface area contributed by atoms with Gasteiger partial charge in [-0.05, 0) is 38.6 Å². The Morgan fingerprint density at radius 2 is 2.06 bits per heavy atom. The Labute approximate surface area is 97.5 Å². The number of carbonyl (C=O) groups excluding carboxylic acids is 1. The lowest BCUT2D eigenvalue weighted by Crippen LogP contribution is -2.29. The zero-order chi connectivity index (χ0) is 12.0. The second-order valence-electron chi connectivity index (χ2n) is 4.00. The van der Waals surface area contributed by atoms with E-state index in [9.17, 15) is 4.79 Å². The third kappa shape index (κ3) is 3.35. The molecule has 0 aromatic heterocycles. The van der Waals surface area contributed by atoms with Crippen molar-refractivity contribution in [1.82, 2.24) is 10.2 Å². The highest BCUT2D eigenvalue weighted by Gasteiger charge is 2.12. The van der Waals surface area contributed by atoms with E-state index in [1.54, 1.807) is 4.90 Å². The number of nitrogens with one attached hydrogen (secondary N) is 1. The normalized spacial score (nSPS) is 10.2. The zero-order valence-corrected chi connectivity index (χ0v) is 10.3. The zero-order valence-electron chi connectivity index (χ0n) is 10.3. The van der Waals surface area contributed by atoms with Crippen LogP contribution in [0.25, 0.3) is 0 Å². The molecule has 0 spiro atoms. The van der Waals surface area contributed by atoms with Gasteiger partial charge in [-0.2, -0.15) is 0 Å². The van der Waals surface area contributed by atoms with E-state index in [0.717, 1.165) is 30.6 Å². The molecule has 0 saturated carbocycles.